The Hall–Kier alpha value is -2.50. The van der Waals surface area contributed by atoms with Crippen molar-refractivity contribution in [1.29, 1.82) is 0 Å². The van der Waals surface area contributed by atoms with Crippen LogP contribution in [-0.2, 0) is 4.74 Å². The third kappa shape index (κ3) is 3.62. The monoisotopic (exact) mass is 343 g/mol. The van der Waals surface area contributed by atoms with Crippen LogP contribution in [0.5, 0.6) is 0 Å². The number of aryl methyl sites for hydroxylation is 1. The van der Waals surface area contributed by atoms with Crippen LogP contribution in [0.4, 0.5) is 4.79 Å². The van der Waals surface area contributed by atoms with Crippen molar-refractivity contribution in [2.75, 3.05) is 26.2 Å². The summed E-state index contributed by atoms with van der Waals surface area (Å²) >= 11 is 0. The Kier molecular flexibility index (Phi) is 4.45. The number of H-pyrrole nitrogens is 1. The summed E-state index contributed by atoms with van der Waals surface area (Å²) in [6.45, 7) is 9.47. The summed E-state index contributed by atoms with van der Waals surface area (Å²) in [6.07, 6.45) is -0.317. The van der Waals surface area contributed by atoms with Crippen LogP contribution in [0, 0.1) is 6.92 Å². The van der Waals surface area contributed by atoms with Gasteiger partial charge in [-0.15, -0.1) is 0 Å². The Labute approximate surface area is 147 Å². The molecule has 1 saturated heterocycles. The number of amides is 2. The number of piperazine rings is 1. The third-order valence-electron chi connectivity index (χ3n) is 4.33. The molecule has 0 unspecified atom stereocenters. The van der Waals surface area contributed by atoms with E-state index >= 15 is 0 Å². The van der Waals surface area contributed by atoms with Crippen LogP contribution < -0.4 is 0 Å². The van der Waals surface area contributed by atoms with Gasteiger partial charge in [-0.05, 0) is 33.8 Å². The van der Waals surface area contributed by atoms with E-state index in [1.54, 1.807) is 4.90 Å². The lowest BCUT2D eigenvalue weighted by atomic mass is 10.1. The number of nitrogens with zero attached hydrogens (tertiary/aromatic N) is 2. The molecule has 25 heavy (non-hydrogen) atoms. The van der Waals surface area contributed by atoms with E-state index in [4.69, 9.17) is 4.74 Å². The SMILES string of the molecule is Cc1[nH]c2ccccc2c1C(=O)N1CCN(C(=O)OC(C)(C)C)CC1. The Balaban J connectivity index is 1.69. The zero-order valence-corrected chi connectivity index (χ0v) is 15.3. The van der Waals surface area contributed by atoms with Crippen LogP contribution in [0.15, 0.2) is 24.3 Å². The summed E-state index contributed by atoms with van der Waals surface area (Å²) < 4.78 is 5.40. The maximum Gasteiger partial charge on any atom is 0.410 e. The molecule has 6 heteroatoms. The maximum atomic E-state index is 13.0. The van der Waals surface area contributed by atoms with Crippen LogP contribution in [0.1, 0.15) is 36.8 Å². The molecule has 0 bridgehead atoms. The minimum atomic E-state index is -0.509. The van der Waals surface area contributed by atoms with Gasteiger partial charge in [-0.2, -0.15) is 0 Å². The Morgan fingerprint density at radius 1 is 1.04 bits per heavy atom. The molecule has 0 atom stereocenters. The molecule has 0 aliphatic carbocycles. The average molecular weight is 343 g/mol. The van der Waals surface area contributed by atoms with Crippen molar-refractivity contribution < 1.29 is 14.3 Å². The summed E-state index contributed by atoms with van der Waals surface area (Å²) in [6, 6.07) is 7.82. The fraction of sp³-hybridized carbons (Fsp3) is 0.474. The second kappa shape index (κ2) is 6.43. The summed E-state index contributed by atoms with van der Waals surface area (Å²) in [5.41, 5.74) is 2.06. The topological polar surface area (TPSA) is 65.6 Å². The minimum Gasteiger partial charge on any atom is -0.444 e. The first-order valence-electron chi connectivity index (χ1n) is 8.61. The number of rotatable bonds is 1. The van der Waals surface area contributed by atoms with E-state index in [9.17, 15) is 9.59 Å². The number of para-hydroxylation sites is 1. The number of carbonyl (C=O) groups excluding carboxylic acids is 2. The highest BCUT2D eigenvalue weighted by atomic mass is 16.6. The zero-order valence-electron chi connectivity index (χ0n) is 15.3. The van der Waals surface area contributed by atoms with E-state index in [-0.39, 0.29) is 12.0 Å². The number of benzene rings is 1. The van der Waals surface area contributed by atoms with Crippen molar-refractivity contribution in [3.05, 3.63) is 35.5 Å². The van der Waals surface area contributed by atoms with Gasteiger partial charge in [-0.1, -0.05) is 18.2 Å². The van der Waals surface area contributed by atoms with Crippen LogP contribution in [0.2, 0.25) is 0 Å². The lowest BCUT2D eigenvalue weighted by molar-refractivity contribution is 0.0141. The van der Waals surface area contributed by atoms with Crippen LogP contribution in [-0.4, -0.2) is 58.6 Å². The van der Waals surface area contributed by atoms with Gasteiger partial charge in [0, 0.05) is 42.8 Å². The van der Waals surface area contributed by atoms with Gasteiger partial charge in [-0.25, -0.2) is 4.79 Å². The van der Waals surface area contributed by atoms with E-state index < -0.39 is 5.60 Å². The average Bonchev–Trinajstić information content (AvgIpc) is 2.88. The highest BCUT2D eigenvalue weighted by Crippen LogP contribution is 2.24. The third-order valence-corrected chi connectivity index (χ3v) is 4.33. The van der Waals surface area contributed by atoms with Crippen molar-refractivity contribution in [3.8, 4) is 0 Å². The molecule has 2 heterocycles. The molecule has 6 nitrogen and oxygen atoms in total. The highest BCUT2D eigenvalue weighted by Gasteiger charge is 2.29. The summed E-state index contributed by atoms with van der Waals surface area (Å²) in [5, 5.41) is 0.944. The summed E-state index contributed by atoms with van der Waals surface area (Å²) in [7, 11) is 0. The molecular formula is C19H25N3O3. The number of carbonyl (C=O) groups is 2. The lowest BCUT2D eigenvalue weighted by Gasteiger charge is -2.35. The normalized spacial score (nSPS) is 15.5. The van der Waals surface area contributed by atoms with Gasteiger partial charge in [-0.3, -0.25) is 4.79 Å². The quantitative estimate of drug-likeness (QED) is 0.865. The van der Waals surface area contributed by atoms with Gasteiger partial charge < -0.3 is 19.5 Å². The predicted molar refractivity (Wildman–Crippen MR) is 96.7 cm³/mol. The van der Waals surface area contributed by atoms with Crippen LogP contribution in [0.3, 0.4) is 0 Å². The van der Waals surface area contributed by atoms with Crippen molar-refractivity contribution in [1.82, 2.24) is 14.8 Å². The number of hydrogen-bond acceptors (Lipinski definition) is 3. The van der Waals surface area contributed by atoms with Gasteiger partial charge in [0.15, 0.2) is 0 Å². The molecule has 1 aromatic heterocycles. The lowest BCUT2D eigenvalue weighted by Crippen LogP contribution is -2.51. The van der Waals surface area contributed by atoms with E-state index in [0.29, 0.717) is 26.2 Å². The van der Waals surface area contributed by atoms with Gasteiger partial charge in [0.2, 0.25) is 0 Å². The second-order valence-electron chi connectivity index (χ2n) is 7.43. The summed E-state index contributed by atoms with van der Waals surface area (Å²) in [5.74, 6) is 0.0128. The van der Waals surface area contributed by atoms with Crippen LogP contribution >= 0.6 is 0 Å². The molecule has 0 radical (unpaired) electrons. The van der Waals surface area contributed by atoms with E-state index in [2.05, 4.69) is 4.98 Å². The minimum absolute atomic E-state index is 0.0128. The first-order valence-corrected chi connectivity index (χ1v) is 8.61. The Bertz CT molecular complexity index is 796. The molecule has 0 spiro atoms. The first kappa shape index (κ1) is 17.3. The van der Waals surface area contributed by atoms with Gasteiger partial charge in [0.1, 0.15) is 5.60 Å². The van der Waals surface area contributed by atoms with E-state index in [1.807, 2.05) is 56.9 Å². The smallest absolute Gasteiger partial charge is 0.410 e. The molecule has 3 rings (SSSR count). The summed E-state index contributed by atoms with van der Waals surface area (Å²) in [4.78, 5) is 31.9. The molecule has 1 aromatic carbocycles. The fourth-order valence-electron chi connectivity index (χ4n) is 3.13. The number of aromatic amines is 1. The number of nitrogens with one attached hydrogen (secondary N) is 1. The Morgan fingerprint density at radius 3 is 2.28 bits per heavy atom. The molecular weight excluding hydrogens is 318 g/mol. The zero-order chi connectivity index (χ0) is 18.2. The van der Waals surface area contributed by atoms with E-state index in [1.165, 1.54) is 0 Å². The number of fused-ring (bicyclic) bond motifs is 1. The molecule has 1 aliphatic rings. The largest absolute Gasteiger partial charge is 0.444 e. The number of ether oxygens (including phenoxy) is 1. The highest BCUT2D eigenvalue weighted by molar-refractivity contribution is 6.08. The Morgan fingerprint density at radius 2 is 1.64 bits per heavy atom. The van der Waals surface area contributed by atoms with Crippen LogP contribution in [0.25, 0.3) is 10.9 Å². The fourth-order valence-corrected chi connectivity index (χ4v) is 3.13. The molecule has 1 fully saturated rings. The van der Waals surface area contributed by atoms with Crippen molar-refractivity contribution >= 4 is 22.9 Å². The molecule has 134 valence electrons. The number of hydrogen-bond donors (Lipinski definition) is 1. The second-order valence-corrected chi connectivity index (χ2v) is 7.43. The van der Waals surface area contributed by atoms with Crippen molar-refractivity contribution in [3.63, 3.8) is 0 Å². The van der Waals surface area contributed by atoms with Gasteiger partial charge in [0.05, 0.1) is 5.56 Å². The standard InChI is InChI=1S/C19H25N3O3/c1-13-16(14-7-5-6-8-15(14)20-13)17(23)21-9-11-22(12-10-21)18(24)25-19(2,3)4/h5-8,20H,9-12H2,1-4H3. The van der Waals surface area contributed by atoms with Gasteiger partial charge in [0.25, 0.3) is 5.91 Å². The molecule has 2 aromatic rings. The van der Waals surface area contributed by atoms with E-state index in [0.717, 1.165) is 22.2 Å². The molecule has 0 saturated carbocycles. The molecule has 1 N–H and O–H groups in total. The maximum absolute atomic E-state index is 13.0. The first-order chi connectivity index (χ1) is 11.8. The molecule has 1 aliphatic heterocycles. The molecule has 2 amide bonds. The van der Waals surface area contributed by atoms with Crippen molar-refractivity contribution in [2.24, 2.45) is 0 Å². The van der Waals surface area contributed by atoms with Gasteiger partial charge >= 0.3 is 6.09 Å². The predicted octanol–water partition coefficient (Wildman–Crippen LogP) is 3.17. The number of aromatic nitrogens is 1. The van der Waals surface area contributed by atoms with Crippen molar-refractivity contribution in [2.45, 2.75) is 33.3 Å².